The molecule has 0 aliphatic heterocycles. The predicted octanol–water partition coefficient (Wildman–Crippen LogP) is 8.06. The number of esters is 2. The number of carbonyl (C=O) groups excluding carboxylic acids is 2. The van der Waals surface area contributed by atoms with Crippen LogP contribution in [0.4, 0.5) is 0 Å². The number of ether oxygens (including phenoxy) is 2. The van der Waals surface area contributed by atoms with Crippen molar-refractivity contribution in [3.05, 3.63) is 24.3 Å². The van der Waals surface area contributed by atoms with Crippen LogP contribution in [0, 0.1) is 0 Å². The Morgan fingerprint density at radius 3 is 1.40 bits per heavy atom. The normalized spacial score (nSPS) is 22.9. The largest absolute Gasteiger partial charge is 0.472 e. The molecule has 0 heterocycles. The van der Waals surface area contributed by atoms with Crippen molar-refractivity contribution >= 4 is 19.8 Å². The van der Waals surface area contributed by atoms with Crippen molar-refractivity contribution in [2.24, 2.45) is 0 Å². The second-order valence-electron chi connectivity index (χ2n) is 15.5. The van der Waals surface area contributed by atoms with Crippen molar-refractivity contribution < 1.29 is 63.1 Å². The zero-order valence-electron chi connectivity index (χ0n) is 35.1. The molecule has 1 rings (SSSR count). The van der Waals surface area contributed by atoms with E-state index in [1.165, 1.54) is 83.5 Å². The average Bonchev–Trinajstić information content (AvgIpc) is 3.19. The topological polar surface area (TPSA) is 210 Å². The Kier molecular flexibility index (Phi) is 31.9. The van der Waals surface area contributed by atoms with E-state index in [4.69, 9.17) is 18.5 Å². The van der Waals surface area contributed by atoms with Crippen LogP contribution in [0.5, 0.6) is 0 Å². The summed E-state index contributed by atoms with van der Waals surface area (Å²) in [6, 6.07) is 0. The third-order valence-electron chi connectivity index (χ3n) is 10.3. The van der Waals surface area contributed by atoms with Crippen molar-refractivity contribution in [3.8, 4) is 0 Å². The van der Waals surface area contributed by atoms with Gasteiger partial charge in [0.1, 0.15) is 43.2 Å². The van der Waals surface area contributed by atoms with Crippen LogP contribution in [-0.4, -0.2) is 98.3 Å². The second kappa shape index (κ2) is 34.1. The lowest BCUT2D eigenvalue weighted by atomic mass is 9.85. The van der Waals surface area contributed by atoms with Crippen LogP contribution in [0.1, 0.15) is 181 Å². The lowest BCUT2D eigenvalue weighted by Crippen LogP contribution is -2.64. The molecule has 0 aromatic heterocycles. The number of carbonyl (C=O) groups is 2. The maximum Gasteiger partial charge on any atom is 0.472 e. The number of aliphatic hydroxyl groups is 5. The van der Waals surface area contributed by atoms with Crippen LogP contribution in [0.2, 0.25) is 0 Å². The smallest absolute Gasteiger partial charge is 0.462 e. The average molecular weight is 835 g/mol. The van der Waals surface area contributed by atoms with E-state index in [1.807, 2.05) is 0 Å². The lowest BCUT2D eigenvalue weighted by Gasteiger charge is -2.41. The Morgan fingerprint density at radius 2 is 0.912 bits per heavy atom. The fourth-order valence-corrected chi connectivity index (χ4v) is 7.59. The Labute approximate surface area is 343 Å². The van der Waals surface area contributed by atoms with E-state index < -0.39 is 75.7 Å². The number of hydrogen-bond donors (Lipinski definition) is 6. The van der Waals surface area contributed by atoms with Gasteiger partial charge in [-0.2, -0.15) is 0 Å². The maximum atomic E-state index is 12.8. The third-order valence-corrected chi connectivity index (χ3v) is 11.3. The zero-order chi connectivity index (χ0) is 42.2. The summed E-state index contributed by atoms with van der Waals surface area (Å²) in [5, 5.41) is 50.1. The highest BCUT2D eigenvalue weighted by Gasteiger charge is 2.51. The molecule has 0 aromatic carbocycles. The number of phosphoric acid groups is 1. The molecule has 6 N–H and O–H groups in total. The highest BCUT2D eigenvalue weighted by atomic mass is 31.2. The SMILES string of the molecule is CCCC/C=C/CCCCCCCCCCCC(=O)O[C@H](COC(=O)CCCCC/C=C/CCCCCCCC)COP(=O)(O)OC1C(O)C(O)C(O)[C@@H](O)C1O. The summed E-state index contributed by atoms with van der Waals surface area (Å²) in [6.07, 6.45) is 22.4. The highest BCUT2D eigenvalue weighted by molar-refractivity contribution is 7.47. The van der Waals surface area contributed by atoms with Crippen LogP contribution in [0.15, 0.2) is 24.3 Å². The van der Waals surface area contributed by atoms with E-state index in [1.54, 1.807) is 0 Å². The number of hydrogen-bond acceptors (Lipinski definition) is 12. The monoisotopic (exact) mass is 835 g/mol. The fourth-order valence-electron chi connectivity index (χ4n) is 6.62. The number of phosphoric ester groups is 1. The van der Waals surface area contributed by atoms with Gasteiger partial charge >= 0.3 is 19.8 Å². The van der Waals surface area contributed by atoms with E-state index in [-0.39, 0.29) is 12.8 Å². The molecular formula is C43H79O13P. The van der Waals surface area contributed by atoms with Crippen LogP contribution < -0.4 is 0 Å². The summed E-state index contributed by atoms with van der Waals surface area (Å²) in [5.74, 6) is -1.12. The van der Waals surface area contributed by atoms with E-state index in [0.29, 0.717) is 12.8 Å². The first-order valence-corrected chi connectivity index (χ1v) is 23.6. The van der Waals surface area contributed by atoms with Gasteiger partial charge in [0.05, 0.1) is 6.61 Å². The molecule has 8 atom stereocenters. The first-order valence-electron chi connectivity index (χ1n) is 22.1. The summed E-state index contributed by atoms with van der Waals surface area (Å²) in [4.78, 5) is 35.6. The zero-order valence-corrected chi connectivity index (χ0v) is 36.0. The molecule has 1 aliphatic carbocycles. The first-order chi connectivity index (χ1) is 27.4. The van der Waals surface area contributed by atoms with Gasteiger partial charge in [-0.15, -0.1) is 0 Å². The molecule has 13 nitrogen and oxygen atoms in total. The van der Waals surface area contributed by atoms with Crippen LogP contribution in [0.3, 0.4) is 0 Å². The Hall–Kier alpha value is -1.67. The summed E-state index contributed by atoms with van der Waals surface area (Å²) in [6.45, 7) is 3.24. The van der Waals surface area contributed by atoms with Crippen molar-refractivity contribution in [2.75, 3.05) is 13.2 Å². The van der Waals surface area contributed by atoms with Gasteiger partial charge in [-0.25, -0.2) is 4.57 Å². The van der Waals surface area contributed by atoms with Gasteiger partial charge in [0.2, 0.25) is 0 Å². The van der Waals surface area contributed by atoms with Gasteiger partial charge in [0.15, 0.2) is 6.10 Å². The van der Waals surface area contributed by atoms with Crippen molar-refractivity contribution in [1.29, 1.82) is 0 Å². The van der Waals surface area contributed by atoms with Crippen molar-refractivity contribution in [1.82, 2.24) is 0 Å². The molecule has 0 spiro atoms. The van der Waals surface area contributed by atoms with Crippen LogP contribution in [-0.2, 0) is 32.7 Å². The second-order valence-corrected chi connectivity index (χ2v) is 16.9. The summed E-state index contributed by atoms with van der Waals surface area (Å²) in [7, 11) is -5.11. The Balaban J connectivity index is 2.49. The van der Waals surface area contributed by atoms with E-state index in [9.17, 15) is 44.6 Å². The molecule has 0 amide bonds. The minimum Gasteiger partial charge on any atom is -0.462 e. The molecule has 1 fully saturated rings. The van der Waals surface area contributed by atoms with Crippen LogP contribution >= 0.6 is 7.82 Å². The molecule has 0 aromatic rings. The minimum absolute atomic E-state index is 0.0927. The molecule has 0 radical (unpaired) electrons. The molecule has 1 aliphatic rings. The summed E-state index contributed by atoms with van der Waals surface area (Å²) in [5.41, 5.74) is 0. The molecule has 0 bridgehead atoms. The molecule has 57 heavy (non-hydrogen) atoms. The van der Waals surface area contributed by atoms with E-state index >= 15 is 0 Å². The molecule has 0 saturated heterocycles. The van der Waals surface area contributed by atoms with Crippen molar-refractivity contribution in [2.45, 2.75) is 224 Å². The quantitative estimate of drug-likeness (QED) is 0.0153. The fraction of sp³-hybridized carbons (Fsp3) is 0.860. The first kappa shape index (κ1) is 53.3. The maximum absolute atomic E-state index is 12.8. The van der Waals surface area contributed by atoms with Crippen molar-refractivity contribution in [3.63, 3.8) is 0 Å². The van der Waals surface area contributed by atoms with Gasteiger partial charge in [-0.3, -0.25) is 18.6 Å². The molecule has 6 unspecified atom stereocenters. The number of unbranched alkanes of at least 4 members (excludes halogenated alkanes) is 20. The molecule has 334 valence electrons. The van der Waals surface area contributed by atoms with Crippen LogP contribution in [0.25, 0.3) is 0 Å². The Bertz CT molecular complexity index is 1100. The van der Waals surface area contributed by atoms with Gasteiger partial charge in [-0.05, 0) is 57.8 Å². The van der Waals surface area contributed by atoms with Gasteiger partial charge < -0.3 is 39.9 Å². The summed E-state index contributed by atoms with van der Waals surface area (Å²) < 4.78 is 33.4. The minimum atomic E-state index is -5.11. The molecule has 14 heteroatoms. The van der Waals surface area contributed by atoms with E-state index in [2.05, 4.69) is 38.2 Å². The third kappa shape index (κ3) is 26.9. The highest BCUT2D eigenvalue weighted by Crippen LogP contribution is 2.47. The Morgan fingerprint density at radius 1 is 0.526 bits per heavy atom. The standard InChI is InChI=1S/C43H79O13P/c1-3-5-7-9-11-13-15-17-18-20-22-24-26-28-30-32-37(45)55-35(34-54-57(51,52)56-43-41(49)39(47)38(46)40(48)42(43)50)33-53-36(44)31-29-27-25-23-21-19-16-14-12-10-8-6-4-2/h9,11,19,21,35,38-43,46-50H,3-8,10,12-18,20,22-34H2,1-2H3,(H,51,52)/b11-9+,21-19+/t35-,38?,39-,40?,41?,42?,43?/m1/s1. The van der Waals surface area contributed by atoms with E-state index in [0.717, 1.165) is 57.8 Å². The predicted molar refractivity (Wildman–Crippen MR) is 221 cm³/mol. The molecular weight excluding hydrogens is 755 g/mol. The number of rotatable bonds is 36. The summed E-state index contributed by atoms with van der Waals surface area (Å²) >= 11 is 0. The van der Waals surface area contributed by atoms with Gasteiger partial charge in [-0.1, -0.05) is 134 Å². The number of allylic oxidation sites excluding steroid dienone is 4. The lowest BCUT2D eigenvalue weighted by molar-refractivity contribution is -0.220. The van der Waals surface area contributed by atoms with Gasteiger partial charge in [0, 0.05) is 12.8 Å². The molecule has 1 saturated carbocycles. The number of aliphatic hydroxyl groups excluding tert-OH is 5. The van der Waals surface area contributed by atoms with Gasteiger partial charge in [0.25, 0.3) is 0 Å².